The van der Waals surface area contributed by atoms with Crippen LogP contribution in [-0.2, 0) is 4.79 Å². The topological polar surface area (TPSA) is 77.8 Å². The van der Waals surface area contributed by atoms with Crippen molar-refractivity contribution in [1.29, 1.82) is 0 Å². The number of hydrogen-bond acceptors (Lipinski definition) is 3. The molecule has 3 N–H and O–H groups in total. The highest BCUT2D eigenvalue weighted by Crippen LogP contribution is 2.12. The highest BCUT2D eigenvalue weighted by Gasteiger charge is 2.19. The molecule has 2 atom stereocenters. The fourth-order valence-electron chi connectivity index (χ4n) is 3.80. The minimum absolute atomic E-state index is 0. The van der Waals surface area contributed by atoms with Gasteiger partial charge in [0.1, 0.15) is 25.3 Å². The molecule has 6 heteroatoms. The lowest BCUT2D eigenvalue weighted by molar-refractivity contribution is -0.895. The van der Waals surface area contributed by atoms with Crippen LogP contribution < -0.4 is 0 Å². The van der Waals surface area contributed by atoms with Crippen molar-refractivity contribution in [3.05, 3.63) is 0 Å². The molecule has 0 aliphatic heterocycles. The zero-order chi connectivity index (χ0) is 22.5. The molecule has 184 valence electrons. The van der Waals surface area contributed by atoms with Gasteiger partial charge in [-0.3, -0.25) is 4.79 Å². The molecule has 0 spiro atoms. The number of quaternary nitrogens is 1. The van der Waals surface area contributed by atoms with Gasteiger partial charge in [-0.2, -0.15) is 0 Å². The van der Waals surface area contributed by atoms with Gasteiger partial charge in [-0.1, -0.05) is 84.0 Å². The fourth-order valence-corrected chi connectivity index (χ4v) is 3.80. The molecule has 0 radical (unpaired) electrons. The highest BCUT2D eigenvalue weighted by atomic mass is 35.5. The van der Waals surface area contributed by atoms with Crippen molar-refractivity contribution in [2.75, 3.05) is 27.2 Å². The number of halogens is 1. The summed E-state index contributed by atoms with van der Waals surface area (Å²) in [4.78, 5) is 10.3. The number of nitrogens with zero attached hydrogens (tertiary/aromatic N) is 1. The Kier molecular flexibility index (Phi) is 26.6. The van der Waals surface area contributed by atoms with E-state index in [0.717, 1.165) is 12.8 Å². The van der Waals surface area contributed by atoms with Gasteiger partial charge in [0.2, 0.25) is 0 Å². The number of carbonyl (C=O) groups is 1. The normalized spacial score (nSPS) is 13.0. The van der Waals surface area contributed by atoms with Crippen molar-refractivity contribution in [3.63, 3.8) is 0 Å². The number of aliphatic hydroxyl groups excluding tert-OH is 2. The monoisotopic (exact) mass is 454 g/mol. The molecule has 0 bridgehead atoms. The van der Waals surface area contributed by atoms with Gasteiger partial charge in [-0.05, 0) is 20.3 Å². The molecule has 0 amide bonds. The molecule has 0 aliphatic carbocycles. The van der Waals surface area contributed by atoms with Crippen LogP contribution >= 0.6 is 12.4 Å². The first-order valence-corrected chi connectivity index (χ1v) is 12.0. The zero-order valence-electron chi connectivity index (χ0n) is 20.6. The second-order valence-electron chi connectivity index (χ2n) is 9.39. The maximum absolute atomic E-state index is 10.3. The fraction of sp³-hybridized carbons (Fsp3) is 0.958. The van der Waals surface area contributed by atoms with Crippen LogP contribution in [0.5, 0.6) is 0 Å². The van der Waals surface area contributed by atoms with Gasteiger partial charge in [0.25, 0.3) is 0 Å². The molecule has 0 aliphatic rings. The Morgan fingerprint density at radius 2 is 1.00 bits per heavy atom. The second kappa shape index (κ2) is 23.3. The number of unbranched alkanes of at least 4 members (excludes halogenated alkanes) is 12. The third-order valence-electron chi connectivity index (χ3n) is 5.01. The van der Waals surface area contributed by atoms with Gasteiger partial charge in [-0.25, -0.2) is 0 Å². The van der Waals surface area contributed by atoms with E-state index in [1.807, 2.05) is 14.1 Å². The Labute approximate surface area is 193 Å². The standard InChI is InChI=1S/C16H32O2.C8H20NO2.ClH/c1-2-3-4-5-6-7-8-9-10-11-12-13-14-15-16(17)18;1-7(10)5-9(3,4)6-8(2)11;/h2-15H2,1H3,(H,17,18);7-8,10-11H,5-6H2,1-4H3;1H/q;+1;. The average molecular weight is 455 g/mol. The number of hydrogen-bond donors (Lipinski definition) is 3. The number of aliphatic hydroxyl groups is 2. The van der Waals surface area contributed by atoms with Crippen LogP contribution in [0.1, 0.15) is 111 Å². The summed E-state index contributed by atoms with van der Waals surface area (Å²) in [6.07, 6.45) is 16.7. The Balaban J connectivity index is -0.000000525. The number of carboxylic acid groups (broad SMARTS) is 1. The van der Waals surface area contributed by atoms with E-state index < -0.39 is 5.97 Å². The summed E-state index contributed by atoms with van der Waals surface area (Å²) in [6.45, 7) is 7.16. The minimum Gasteiger partial charge on any atom is -0.481 e. The van der Waals surface area contributed by atoms with E-state index in [1.165, 1.54) is 70.6 Å². The van der Waals surface area contributed by atoms with Crippen LogP contribution in [0, 0.1) is 0 Å². The van der Waals surface area contributed by atoms with E-state index >= 15 is 0 Å². The quantitative estimate of drug-likeness (QED) is 0.180. The second-order valence-corrected chi connectivity index (χ2v) is 9.39. The Hall–Kier alpha value is -0.360. The molecule has 0 aromatic rings. The van der Waals surface area contributed by atoms with Crippen LogP contribution in [-0.4, -0.2) is 65.2 Å². The molecule has 0 heterocycles. The molecule has 0 fully saturated rings. The molecule has 0 aromatic heterocycles. The molecule has 0 aromatic carbocycles. The van der Waals surface area contributed by atoms with Crippen LogP contribution in [0.4, 0.5) is 0 Å². The first-order chi connectivity index (χ1) is 13.6. The average Bonchev–Trinajstić information content (AvgIpc) is 2.57. The van der Waals surface area contributed by atoms with Gasteiger partial charge < -0.3 is 19.8 Å². The van der Waals surface area contributed by atoms with Crippen molar-refractivity contribution in [2.45, 2.75) is 123 Å². The summed E-state index contributed by atoms with van der Waals surface area (Å²) >= 11 is 0. The molecule has 0 saturated heterocycles. The summed E-state index contributed by atoms with van der Waals surface area (Å²) in [5, 5.41) is 26.7. The maximum atomic E-state index is 10.3. The van der Waals surface area contributed by atoms with Gasteiger partial charge in [0, 0.05) is 6.42 Å². The smallest absolute Gasteiger partial charge is 0.303 e. The van der Waals surface area contributed by atoms with Crippen LogP contribution in [0.2, 0.25) is 0 Å². The van der Waals surface area contributed by atoms with Crippen molar-refractivity contribution in [1.82, 2.24) is 0 Å². The summed E-state index contributed by atoms with van der Waals surface area (Å²) < 4.78 is 0.662. The van der Waals surface area contributed by atoms with Gasteiger partial charge in [0.05, 0.1) is 14.1 Å². The van der Waals surface area contributed by atoms with E-state index in [2.05, 4.69) is 6.92 Å². The third-order valence-corrected chi connectivity index (χ3v) is 5.01. The van der Waals surface area contributed by atoms with E-state index in [1.54, 1.807) is 13.8 Å². The maximum Gasteiger partial charge on any atom is 0.303 e. The highest BCUT2D eigenvalue weighted by molar-refractivity contribution is 5.85. The predicted octanol–water partition coefficient (Wildman–Crippen LogP) is 5.80. The van der Waals surface area contributed by atoms with E-state index in [-0.39, 0.29) is 24.6 Å². The lowest BCUT2D eigenvalue weighted by atomic mass is 10.0. The molecule has 30 heavy (non-hydrogen) atoms. The SMILES string of the molecule is CC(O)C[N+](C)(C)CC(C)O.CCCCCCCCCCCCCCCC(=O)O.Cl. The number of rotatable bonds is 18. The number of carboxylic acids is 1. The first kappa shape index (κ1) is 34.3. The summed E-state index contributed by atoms with van der Waals surface area (Å²) in [5.41, 5.74) is 0. The predicted molar refractivity (Wildman–Crippen MR) is 130 cm³/mol. The molecule has 0 rings (SSSR count). The zero-order valence-corrected chi connectivity index (χ0v) is 21.4. The Bertz CT molecular complexity index is 351. The first-order valence-electron chi connectivity index (χ1n) is 12.0. The lowest BCUT2D eigenvalue weighted by Crippen LogP contribution is -2.48. The number of likely N-dealkylation sites (N-methyl/N-ethyl adjacent to an activating group) is 1. The van der Waals surface area contributed by atoms with Crippen LogP contribution in [0.15, 0.2) is 0 Å². The van der Waals surface area contributed by atoms with Crippen LogP contribution in [0.3, 0.4) is 0 Å². The van der Waals surface area contributed by atoms with Gasteiger partial charge in [-0.15, -0.1) is 12.4 Å². The Morgan fingerprint density at radius 1 is 0.700 bits per heavy atom. The molecule has 0 saturated carbocycles. The molecule has 2 unspecified atom stereocenters. The van der Waals surface area contributed by atoms with Gasteiger partial charge in [0.15, 0.2) is 0 Å². The number of aliphatic carboxylic acids is 1. The van der Waals surface area contributed by atoms with Crippen molar-refractivity contribution in [3.8, 4) is 0 Å². The van der Waals surface area contributed by atoms with Crippen molar-refractivity contribution >= 4 is 18.4 Å². The molecule has 5 nitrogen and oxygen atoms in total. The van der Waals surface area contributed by atoms with Crippen molar-refractivity contribution in [2.24, 2.45) is 0 Å². The summed E-state index contributed by atoms with van der Waals surface area (Å²) in [5.74, 6) is -0.655. The van der Waals surface area contributed by atoms with Crippen molar-refractivity contribution < 1.29 is 24.6 Å². The van der Waals surface area contributed by atoms with Gasteiger partial charge >= 0.3 is 5.97 Å². The van der Waals surface area contributed by atoms with E-state index in [9.17, 15) is 4.79 Å². The molecular weight excluding hydrogens is 402 g/mol. The largest absolute Gasteiger partial charge is 0.481 e. The third kappa shape index (κ3) is 32.3. The summed E-state index contributed by atoms with van der Waals surface area (Å²) in [6, 6.07) is 0. The van der Waals surface area contributed by atoms with E-state index in [4.69, 9.17) is 15.3 Å². The van der Waals surface area contributed by atoms with Crippen LogP contribution in [0.25, 0.3) is 0 Å². The lowest BCUT2D eigenvalue weighted by Gasteiger charge is -2.31. The van der Waals surface area contributed by atoms with E-state index in [0.29, 0.717) is 24.0 Å². The molecular formula is C24H53ClNO4+. The Morgan fingerprint density at radius 3 is 1.27 bits per heavy atom. The summed E-state index contributed by atoms with van der Waals surface area (Å²) in [7, 11) is 4.00. The minimum atomic E-state index is -0.655.